The first-order valence-electron chi connectivity index (χ1n) is 11.2. The van der Waals surface area contributed by atoms with E-state index in [4.69, 9.17) is 9.72 Å². The third-order valence-corrected chi connectivity index (χ3v) is 5.41. The van der Waals surface area contributed by atoms with Gasteiger partial charge in [0.15, 0.2) is 5.82 Å². The van der Waals surface area contributed by atoms with Crippen molar-refractivity contribution >= 4 is 11.6 Å². The number of rotatable bonds is 11. The van der Waals surface area contributed by atoms with Gasteiger partial charge >= 0.3 is 0 Å². The quantitative estimate of drug-likeness (QED) is 0.417. The molecule has 3 aromatic rings. The highest BCUT2D eigenvalue weighted by Gasteiger charge is 2.15. The molecule has 0 radical (unpaired) electrons. The van der Waals surface area contributed by atoms with Crippen LogP contribution in [0.25, 0.3) is 11.4 Å². The van der Waals surface area contributed by atoms with Crippen molar-refractivity contribution in [3.63, 3.8) is 0 Å². The zero-order valence-electron chi connectivity index (χ0n) is 19.4. The van der Waals surface area contributed by atoms with E-state index in [0.717, 1.165) is 47.3 Å². The Bertz CT molecular complexity index is 1040. The Morgan fingerprint density at radius 1 is 1.16 bits per heavy atom. The van der Waals surface area contributed by atoms with Crippen LogP contribution in [0.3, 0.4) is 0 Å². The van der Waals surface area contributed by atoms with Crippen LogP contribution in [0.5, 0.6) is 5.75 Å². The van der Waals surface area contributed by atoms with E-state index in [-0.39, 0.29) is 11.8 Å². The molecule has 6 nitrogen and oxygen atoms in total. The van der Waals surface area contributed by atoms with Gasteiger partial charge in [0, 0.05) is 48.1 Å². The summed E-state index contributed by atoms with van der Waals surface area (Å²) in [6.07, 6.45) is 9.34. The number of hydrogen-bond donors (Lipinski definition) is 1. The van der Waals surface area contributed by atoms with E-state index in [9.17, 15) is 4.79 Å². The van der Waals surface area contributed by atoms with Crippen LogP contribution in [0.4, 0.5) is 5.82 Å². The standard InChI is InChI=1S/C26H32N4O2/c1-5-8-22(31)14-19-11-12-20(15-24(19)32-4)26-28-16-18(3)25(30-26)29-23(9-6-2)21-10-7-13-27-17-21/h7,10-13,15-17,23H,5-6,8-9,14H2,1-4H3,(H,28,29,30). The molecule has 0 saturated heterocycles. The van der Waals surface area contributed by atoms with E-state index in [2.05, 4.69) is 28.3 Å². The van der Waals surface area contributed by atoms with Crippen molar-refractivity contribution in [1.82, 2.24) is 15.0 Å². The second-order valence-corrected chi connectivity index (χ2v) is 7.99. The normalized spacial score (nSPS) is 11.8. The van der Waals surface area contributed by atoms with Crippen LogP contribution in [-0.4, -0.2) is 27.8 Å². The summed E-state index contributed by atoms with van der Waals surface area (Å²) in [6.45, 7) is 6.18. The first-order chi connectivity index (χ1) is 15.5. The fourth-order valence-electron chi connectivity index (χ4n) is 3.69. The summed E-state index contributed by atoms with van der Waals surface area (Å²) in [5, 5.41) is 3.59. The van der Waals surface area contributed by atoms with E-state index in [1.54, 1.807) is 13.3 Å². The molecule has 0 spiro atoms. The Balaban J connectivity index is 1.88. The zero-order chi connectivity index (χ0) is 22.9. The minimum Gasteiger partial charge on any atom is -0.496 e. The molecule has 1 aromatic carbocycles. The van der Waals surface area contributed by atoms with Crippen LogP contribution in [0, 0.1) is 6.92 Å². The molecule has 0 aliphatic carbocycles. The number of pyridine rings is 1. The summed E-state index contributed by atoms with van der Waals surface area (Å²) < 4.78 is 5.56. The maximum Gasteiger partial charge on any atom is 0.161 e. The van der Waals surface area contributed by atoms with Gasteiger partial charge in [-0.3, -0.25) is 9.78 Å². The summed E-state index contributed by atoms with van der Waals surface area (Å²) in [4.78, 5) is 25.7. The predicted octanol–water partition coefficient (Wildman–Crippen LogP) is 5.72. The number of nitrogens with zero attached hydrogens (tertiary/aromatic N) is 3. The van der Waals surface area contributed by atoms with Crippen molar-refractivity contribution in [2.75, 3.05) is 12.4 Å². The number of ether oxygens (including phenoxy) is 1. The maximum atomic E-state index is 12.1. The second-order valence-electron chi connectivity index (χ2n) is 7.99. The summed E-state index contributed by atoms with van der Waals surface area (Å²) in [7, 11) is 1.62. The Morgan fingerprint density at radius 2 is 2.00 bits per heavy atom. The second kappa shape index (κ2) is 11.4. The Morgan fingerprint density at radius 3 is 2.69 bits per heavy atom. The van der Waals surface area contributed by atoms with Crippen LogP contribution in [0.2, 0.25) is 0 Å². The highest BCUT2D eigenvalue weighted by Crippen LogP contribution is 2.29. The molecule has 2 heterocycles. The molecule has 3 rings (SSSR count). The molecule has 2 aromatic heterocycles. The number of anilines is 1. The number of Topliss-reactive ketones (excluding diaryl/α,β-unsaturated/α-hetero) is 1. The van der Waals surface area contributed by atoms with E-state index in [1.165, 1.54) is 0 Å². The smallest absolute Gasteiger partial charge is 0.161 e. The van der Waals surface area contributed by atoms with Gasteiger partial charge in [0.1, 0.15) is 17.4 Å². The number of aromatic nitrogens is 3. The van der Waals surface area contributed by atoms with Gasteiger partial charge in [-0.2, -0.15) is 0 Å². The fraction of sp³-hybridized carbons (Fsp3) is 0.385. The van der Waals surface area contributed by atoms with Crippen LogP contribution in [0.15, 0.2) is 48.9 Å². The highest BCUT2D eigenvalue weighted by molar-refractivity contribution is 5.81. The van der Waals surface area contributed by atoms with Crippen LogP contribution in [0.1, 0.15) is 62.3 Å². The van der Waals surface area contributed by atoms with E-state index in [1.807, 2.05) is 50.5 Å². The van der Waals surface area contributed by atoms with Crippen molar-refractivity contribution in [3.8, 4) is 17.1 Å². The zero-order valence-corrected chi connectivity index (χ0v) is 19.4. The lowest BCUT2D eigenvalue weighted by atomic mass is 10.0. The number of nitrogens with one attached hydrogen (secondary N) is 1. The molecule has 1 unspecified atom stereocenters. The Kier molecular flexibility index (Phi) is 8.31. The summed E-state index contributed by atoms with van der Waals surface area (Å²) in [5.74, 6) is 2.32. The van der Waals surface area contributed by atoms with Crippen molar-refractivity contribution in [2.45, 2.75) is 58.9 Å². The monoisotopic (exact) mass is 432 g/mol. The van der Waals surface area contributed by atoms with Gasteiger partial charge in [-0.15, -0.1) is 0 Å². The summed E-state index contributed by atoms with van der Waals surface area (Å²) in [6, 6.07) is 9.96. The van der Waals surface area contributed by atoms with Gasteiger partial charge < -0.3 is 10.1 Å². The van der Waals surface area contributed by atoms with Gasteiger partial charge in [-0.1, -0.05) is 38.5 Å². The molecule has 0 bridgehead atoms. The van der Waals surface area contributed by atoms with E-state index >= 15 is 0 Å². The van der Waals surface area contributed by atoms with Crippen LogP contribution in [-0.2, 0) is 11.2 Å². The number of carbonyl (C=O) groups excluding carboxylic acids is 1. The van der Waals surface area contributed by atoms with E-state index < -0.39 is 0 Å². The lowest BCUT2D eigenvalue weighted by molar-refractivity contribution is -0.118. The first-order valence-corrected chi connectivity index (χ1v) is 11.2. The number of carbonyl (C=O) groups is 1. The summed E-state index contributed by atoms with van der Waals surface area (Å²) >= 11 is 0. The SMILES string of the molecule is CCCC(=O)Cc1ccc(-c2ncc(C)c(NC(CCC)c3cccnc3)n2)cc1OC. The molecule has 168 valence electrons. The molecule has 1 N–H and O–H groups in total. The largest absolute Gasteiger partial charge is 0.496 e. The van der Waals surface area contributed by atoms with Crippen molar-refractivity contribution in [1.29, 1.82) is 0 Å². The molecule has 6 heteroatoms. The Labute approximate surface area is 190 Å². The van der Waals surface area contributed by atoms with Gasteiger partial charge in [-0.25, -0.2) is 9.97 Å². The molecule has 1 atom stereocenters. The third-order valence-electron chi connectivity index (χ3n) is 5.41. The van der Waals surface area contributed by atoms with E-state index in [0.29, 0.717) is 24.4 Å². The molecule has 32 heavy (non-hydrogen) atoms. The predicted molar refractivity (Wildman–Crippen MR) is 128 cm³/mol. The van der Waals surface area contributed by atoms with Gasteiger partial charge in [0.25, 0.3) is 0 Å². The van der Waals surface area contributed by atoms with Crippen molar-refractivity contribution in [2.24, 2.45) is 0 Å². The number of benzene rings is 1. The minimum absolute atomic E-state index is 0.122. The lowest BCUT2D eigenvalue weighted by Crippen LogP contribution is -2.13. The average Bonchev–Trinajstić information content (AvgIpc) is 2.81. The molecule has 0 aliphatic rings. The maximum absolute atomic E-state index is 12.1. The Hall–Kier alpha value is -3.28. The lowest BCUT2D eigenvalue weighted by Gasteiger charge is -2.20. The minimum atomic E-state index is 0.122. The van der Waals surface area contributed by atoms with Crippen LogP contribution >= 0.6 is 0 Å². The molecular formula is C26H32N4O2. The van der Waals surface area contributed by atoms with Crippen molar-refractivity contribution < 1.29 is 9.53 Å². The number of methoxy groups -OCH3 is 1. The highest BCUT2D eigenvalue weighted by atomic mass is 16.5. The molecule has 0 aliphatic heterocycles. The molecule has 0 saturated carbocycles. The average molecular weight is 433 g/mol. The molecule has 0 fully saturated rings. The number of ketones is 1. The van der Waals surface area contributed by atoms with Gasteiger partial charge in [0.05, 0.1) is 13.2 Å². The molecular weight excluding hydrogens is 400 g/mol. The molecule has 0 amide bonds. The third kappa shape index (κ3) is 5.90. The number of aryl methyl sites for hydroxylation is 1. The van der Waals surface area contributed by atoms with Crippen molar-refractivity contribution in [3.05, 3.63) is 65.6 Å². The topological polar surface area (TPSA) is 77.0 Å². The first kappa shape index (κ1) is 23.4. The van der Waals surface area contributed by atoms with Crippen LogP contribution < -0.4 is 10.1 Å². The van der Waals surface area contributed by atoms with Gasteiger partial charge in [-0.05, 0) is 37.5 Å². The summed E-state index contributed by atoms with van der Waals surface area (Å²) in [5.41, 5.74) is 3.86. The van der Waals surface area contributed by atoms with Gasteiger partial charge in [0.2, 0.25) is 0 Å². The fourth-order valence-corrected chi connectivity index (χ4v) is 3.69. The number of hydrogen-bond acceptors (Lipinski definition) is 6.